The van der Waals surface area contributed by atoms with Gasteiger partial charge in [-0.05, 0) is 60.6 Å². The highest BCUT2D eigenvalue weighted by molar-refractivity contribution is 6.07. The molecule has 1 atom stereocenters. The number of ether oxygens (including phenoxy) is 2. The van der Waals surface area contributed by atoms with Gasteiger partial charge in [0.05, 0.1) is 20.8 Å². The van der Waals surface area contributed by atoms with Crippen LogP contribution in [-0.2, 0) is 23.3 Å². The highest BCUT2D eigenvalue weighted by Crippen LogP contribution is 2.40. The summed E-state index contributed by atoms with van der Waals surface area (Å²) in [5.41, 5.74) is 2.89. The summed E-state index contributed by atoms with van der Waals surface area (Å²) in [4.78, 5) is 27.6. The molecule has 28 heavy (non-hydrogen) atoms. The maximum atomic E-state index is 13.4. The van der Waals surface area contributed by atoms with Crippen molar-refractivity contribution >= 4 is 11.9 Å². The molecule has 1 N–H and O–H groups in total. The molecular formula is C22H24N2O4. The average Bonchev–Trinajstić information content (AvgIpc) is 2.94. The molecule has 1 aliphatic carbocycles. The van der Waals surface area contributed by atoms with Crippen molar-refractivity contribution in [1.82, 2.24) is 10.2 Å². The molecule has 0 radical (unpaired) electrons. The number of benzene rings is 2. The normalized spacial score (nSPS) is 20.9. The van der Waals surface area contributed by atoms with Crippen molar-refractivity contribution in [2.24, 2.45) is 0 Å². The van der Waals surface area contributed by atoms with Gasteiger partial charge < -0.3 is 14.8 Å². The average molecular weight is 380 g/mol. The number of methoxy groups -OCH3 is 2. The van der Waals surface area contributed by atoms with E-state index in [-0.39, 0.29) is 18.5 Å². The summed E-state index contributed by atoms with van der Waals surface area (Å²) in [6.45, 7) is 2.13. The molecule has 4 rings (SSSR count). The first-order chi connectivity index (χ1) is 13.5. The summed E-state index contributed by atoms with van der Waals surface area (Å²) in [5.74, 6) is 1.02. The van der Waals surface area contributed by atoms with Crippen molar-refractivity contribution in [2.45, 2.75) is 38.3 Å². The number of carbonyl (C=O) groups is 2. The number of aryl methyl sites for hydroxylation is 2. The van der Waals surface area contributed by atoms with Crippen LogP contribution in [-0.4, -0.2) is 31.1 Å². The van der Waals surface area contributed by atoms with Crippen LogP contribution in [0.2, 0.25) is 0 Å². The minimum absolute atomic E-state index is 0.182. The molecule has 1 spiro atoms. The Balaban J connectivity index is 1.69. The van der Waals surface area contributed by atoms with Gasteiger partial charge in [0.15, 0.2) is 11.5 Å². The SMILES string of the molecule is COc1cc(C)c(CN2C(=O)N[C@@]3(CCCc4ccccc43)C2=O)cc1OC. The van der Waals surface area contributed by atoms with E-state index in [1.165, 1.54) is 4.90 Å². The number of amides is 3. The van der Waals surface area contributed by atoms with E-state index in [0.717, 1.165) is 35.1 Å². The maximum Gasteiger partial charge on any atom is 0.325 e. The molecule has 3 amide bonds. The van der Waals surface area contributed by atoms with Crippen molar-refractivity contribution in [3.8, 4) is 11.5 Å². The minimum Gasteiger partial charge on any atom is -0.493 e. The fourth-order valence-corrected chi connectivity index (χ4v) is 4.32. The lowest BCUT2D eigenvalue weighted by Gasteiger charge is -2.33. The largest absolute Gasteiger partial charge is 0.493 e. The first-order valence-electron chi connectivity index (χ1n) is 9.44. The Morgan fingerprint density at radius 1 is 1.11 bits per heavy atom. The van der Waals surface area contributed by atoms with Crippen molar-refractivity contribution in [2.75, 3.05) is 14.2 Å². The number of carbonyl (C=O) groups excluding carboxylic acids is 2. The van der Waals surface area contributed by atoms with E-state index in [4.69, 9.17) is 9.47 Å². The number of nitrogens with one attached hydrogen (secondary N) is 1. The molecule has 6 heteroatoms. The van der Waals surface area contributed by atoms with Crippen LogP contribution in [0.25, 0.3) is 0 Å². The quantitative estimate of drug-likeness (QED) is 0.827. The number of hydrogen-bond acceptors (Lipinski definition) is 4. The maximum absolute atomic E-state index is 13.4. The fraction of sp³-hybridized carbons (Fsp3) is 0.364. The topological polar surface area (TPSA) is 67.9 Å². The van der Waals surface area contributed by atoms with Crippen LogP contribution in [0.1, 0.15) is 35.1 Å². The summed E-state index contributed by atoms with van der Waals surface area (Å²) >= 11 is 0. The van der Waals surface area contributed by atoms with Gasteiger partial charge in [0.1, 0.15) is 5.54 Å². The van der Waals surface area contributed by atoms with Gasteiger partial charge in [-0.25, -0.2) is 4.79 Å². The number of rotatable bonds is 4. The summed E-state index contributed by atoms with van der Waals surface area (Å²) in [5, 5.41) is 3.00. The number of fused-ring (bicyclic) bond motifs is 2. The smallest absolute Gasteiger partial charge is 0.325 e. The lowest BCUT2D eigenvalue weighted by molar-refractivity contribution is -0.132. The third-order valence-electron chi connectivity index (χ3n) is 5.82. The number of urea groups is 1. The van der Waals surface area contributed by atoms with Gasteiger partial charge in [-0.1, -0.05) is 24.3 Å². The molecule has 1 heterocycles. The van der Waals surface area contributed by atoms with Crippen LogP contribution < -0.4 is 14.8 Å². The van der Waals surface area contributed by atoms with E-state index >= 15 is 0 Å². The summed E-state index contributed by atoms with van der Waals surface area (Å²) in [6.07, 6.45) is 2.41. The van der Waals surface area contributed by atoms with Crippen molar-refractivity contribution in [1.29, 1.82) is 0 Å². The van der Waals surface area contributed by atoms with E-state index in [9.17, 15) is 9.59 Å². The second kappa shape index (κ2) is 6.86. The lowest BCUT2D eigenvalue weighted by Crippen LogP contribution is -2.46. The fourth-order valence-electron chi connectivity index (χ4n) is 4.32. The lowest BCUT2D eigenvalue weighted by atomic mass is 9.76. The van der Waals surface area contributed by atoms with Crippen molar-refractivity contribution in [3.63, 3.8) is 0 Å². The standard InChI is InChI=1S/C22H24N2O4/c1-14-11-18(27-2)19(28-3)12-16(14)13-24-20(25)22(23-21(24)26)10-6-8-15-7-4-5-9-17(15)22/h4-5,7,9,11-12H,6,8,10,13H2,1-3H3,(H,23,26)/t22-/m1/s1. The van der Waals surface area contributed by atoms with Crippen LogP contribution in [0.15, 0.2) is 36.4 Å². The second-order valence-corrected chi connectivity index (χ2v) is 7.37. The van der Waals surface area contributed by atoms with E-state index in [0.29, 0.717) is 17.9 Å². The molecule has 0 unspecified atom stereocenters. The molecule has 2 aromatic carbocycles. The zero-order valence-corrected chi connectivity index (χ0v) is 16.4. The van der Waals surface area contributed by atoms with E-state index in [1.807, 2.05) is 43.3 Å². The Kier molecular flexibility index (Phi) is 4.49. The molecule has 0 aromatic heterocycles. The molecule has 0 saturated carbocycles. The molecule has 2 aromatic rings. The predicted molar refractivity (Wildman–Crippen MR) is 104 cm³/mol. The highest BCUT2D eigenvalue weighted by Gasteiger charge is 2.53. The Morgan fingerprint density at radius 3 is 2.57 bits per heavy atom. The van der Waals surface area contributed by atoms with Gasteiger partial charge in [0.25, 0.3) is 5.91 Å². The molecule has 0 bridgehead atoms. The van der Waals surface area contributed by atoms with Crippen LogP contribution in [0.5, 0.6) is 11.5 Å². The number of nitrogens with zero attached hydrogens (tertiary/aromatic N) is 1. The zero-order chi connectivity index (χ0) is 19.9. The Bertz CT molecular complexity index is 956. The summed E-state index contributed by atoms with van der Waals surface area (Å²) < 4.78 is 10.7. The number of hydrogen-bond donors (Lipinski definition) is 1. The van der Waals surface area contributed by atoms with Crippen LogP contribution in [0.4, 0.5) is 4.79 Å². The Labute approximate surface area is 164 Å². The van der Waals surface area contributed by atoms with Crippen molar-refractivity contribution in [3.05, 3.63) is 58.7 Å². The van der Waals surface area contributed by atoms with Crippen molar-refractivity contribution < 1.29 is 19.1 Å². The molecule has 6 nitrogen and oxygen atoms in total. The second-order valence-electron chi connectivity index (χ2n) is 7.37. The van der Waals surface area contributed by atoms with Gasteiger partial charge in [0, 0.05) is 0 Å². The molecule has 146 valence electrons. The third kappa shape index (κ3) is 2.71. The Hall–Kier alpha value is -3.02. The van der Waals surface area contributed by atoms with Gasteiger partial charge in [-0.3, -0.25) is 9.69 Å². The van der Waals surface area contributed by atoms with E-state index in [1.54, 1.807) is 14.2 Å². The zero-order valence-electron chi connectivity index (χ0n) is 16.4. The number of imide groups is 1. The highest BCUT2D eigenvalue weighted by atomic mass is 16.5. The minimum atomic E-state index is -0.948. The van der Waals surface area contributed by atoms with Gasteiger partial charge in [-0.15, -0.1) is 0 Å². The summed E-state index contributed by atoms with van der Waals surface area (Å²) in [6, 6.07) is 11.2. The third-order valence-corrected chi connectivity index (χ3v) is 5.82. The predicted octanol–water partition coefficient (Wildman–Crippen LogP) is 3.30. The van der Waals surface area contributed by atoms with Gasteiger partial charge >= 0.3 is 6.03 Å². The van der Waals surface area contributed by atoms with Gasteiger partial charge in [-0.2, -0.15) is 0 Å². The molecular weight excluding hydrogens is 356 g/mol. The molecule has 1 fully saturated rings. The van der Waals surface area contributed by atoms with Crippen LogP contribution in [0, 0.1) is 6.92 Å². The molecule has 2 aliphatic rings. The van der Waals surface area contributed by atoms with E-state index in [2.05, 4.69) is 5.32 Å². The van der Waals surface area contributed by atoms with Gasteiger partial charge in [0.2, 0.25) is 0 Å². The van der Waals surface area contributed by atoms with E-state index < -0.39 is 5.54 Å². The van der Waals surface area contributed by atoms with Crippen LogP contribution in [0.3, 0.4) is 0 Å². The molecule has 1 aliphatic heterocycles. The molecule has 1 saturated heterocycles. The first kappa shape index (κ1) is 18.3. The Morgan fingerprint density at radius 2 is 1.82 bits per heavy atom. The van der Waals surface area contributed by atoms with Crippen LogP contribution >= 0.6 is 0 Å². The summed E-state index contributed by atoms with van der Waals surface area (Å²) in [7, 11) is 3.15. The first-order valence-corrected chi connectivity index (χ1v) is 9.44. The monoisotopic (exact) mass is 380 g/mol.